The normalized spacial score (nSPS) is 10.4. The van der Waals surface area contributed by atoms with E-state index in [4.69, 9.17) is 4.74 Å². The van der Waals surface area contributed by atoms with Crippen molar-refractivity contribution in [1.29, 1.82) is 0 Å². The molecule has 0 radical (unpaired) electrons. The fourth-order valence-corrected chi connectivity index (χ4v) is 1.34. The quantitative estimate of drug-likeness (QED) is 0.636. The highest BCUT2D eigenvalue weighted by molar-refractivity contribution is 5.77. The van der Waals surface area contributed by atoms with Gasteiger partial charge in [-0.1, -0.05) is 0 Å². The molecule has 90 valence electrons. The van der Waals surface area contributed by atoms with Crippen molar-refractivity contribution in [1.82, 2.24) is 15.2 Å². The summed E-state index contributed by atoms with van der Waals surface area (Å²) in [5.74, 6) is -0.00809. The van der Waals surface area contributed by atoms with Gasteiger partial charge in [-0.15, -0.1) is 0 Å². The fourth-order valence-electron chi connectivity index (χ4n) is 1.34. The summed E-state index contributed by atoms with van der Waals surface area (Å²) < 4.78 is 6.86. The van der Waals surface area contributed by atoms with E-state index in [0.29, 0.717) is 26.2 Å². The van der Waals surface area contributed by atoms with E-state index in [9.17, 15) is 4.79 Å². The summed E-state index contributed by atoms with van der Waals surface area (Å²) >= 11 is 0. The molecule has 1 aromatic heterocycles. The molecule has 0 aliphatic rings. The van der Waals surface area contributed by atoms with Crippen molar-refractivity contribution < 1.29 is 9.53 Å². The van der Waals surface area contributed by atoms with Crippen molar-refractivity contribution >= 4 is 5.91 Å². The molecule has 1 amide bonds. The van der Waals surface area contributed by atoms with E-state index in [0.717, 1.165) is 5.69 Å². The summed E-state index contributed by atoms with van der Waals surface area (Å²) in [7, 11) is 3.59. The molecule has 5 heteroatoms. The third kappa shape index (κ3) is 4.46. The van der Waals surface area contributed by atoms with Gasteiger partial charge in [0.2, 0.25) is 5.91 Å². The Kier molecular flexibility index (Phi) is 5.60. The molecule has 0 saturated heterocycles. The summed E-state index contributed by atoms with van der Waals surface area (Å²) in [5.41, 5.74) is 1.16. The third-order valence-corrected chi connectivity index (χ3v) is 2.27. The number of ether oxygens (including phenoxy) is 1. The van der Waals surface area contributed by atoms with Crippen LogP contribution in [-0.4, -0.2) is 37.3 Å². The maximum Gasteiger partial charge on any atom is 0.234 e. The number of aromatic nitrogens is 1. The van der Waals surface area contributed by atoms with E-state index in [2.05, 4.69) is 10.6 Å². The Hall–Kier alpha value is -1.33. The first kappa shape index (κ1) is 12.7. The first-order chi connectivity index (χ1) is 7.74. The second-order valence-corrected chi connectivity index (χ2v) is 3.56. The van der Waals surface area contributed by atoms with Crippen LogP contribution in [0.4, 0.5) is 0 Å². The second kappa shape index (κ2) is 7.03. The first-order valence-corrected chi connectivity index (χ1v) is 5.30. The molecule has 16 heavy (non-hydrogen) atoms. The average Bonchev–Trinajstić information content (AvgIpc) is 2.65. The minimum Gasteiger partial charge on any atom is -0.383 e. The Morgan fingerprint density at radius 2 is 2.38 bits per heavy atom. The summed E-state index contributed by atoms with van der Waals surface area (Å²) in [6, 6.07) is 4.01. The number of hydrogen-bond donors (Lipinski definition) is 2. The Morgan fingerprint density at radius 3 is 3.00 bits per heavy atom. The van der Waals surface area contributed by atoms with E-state index in [-0.39, 0.29) is 5.91 Å². The summed E-state index contributed by atoms with van der Waals surface area (Å²) in [4.78, 5) is 11.3. The molecule has 0 spiro atoms. The zero-order valence-corrected chi connectivity index (χ0v) is 9.82. The molecule has 1 heterocycles. The molecule has 1 aromatic rings. The van der Waals surface area contributed by atoms with Crippen LogP contribution in [-0.2, 0) is 23.1 Å². The van der Waals surface area contributed by atoms with Crippen LogP contribution in [0.1, 0.15) is 5.69 Å². The fraction of sp³-hybridized carbons (Fsp3) is 0.545. The Morgan fingerprint density at radius 1 is 1.56 bits per heavy atom. The molecule has 0 aromatic carbocycles. The van der Waals surface area contributed by atoms with Crippen molar-refractivity contribution in [3.8, 4) is 0 Å². The molecular formula is C11H19N3O2. The number of nitrogens with zero attached hydrogens (tertiary/aromatic N) is 1. The molecule has 5 nitrogen and oxygen atoms in total. The number of carbonyl (C=O) groups excluding carboxylic acids is 1. The van der Waals surface area contributed by atoms with Crippen molar-refractivity contribution in [2.45, 2.75) is 6.54 Å². The summed E-state index contributed by atoms with van der Waals surface area (Å²) in [5, 5.41) is 5.83. The standard InChI is InChI=1S/C11H19N3O2/c1-14-6-3-4-10(14)8-12-9-11(15)13-5-7-16-2/h3-4,6,12H,5,7-9H2,1-2H3,(H,13,15). The third-order valence-electron chi connectivity index (χ3n) is 2.27. The lowest BCUT2D eigenvalue weighted by molar-refractivity contribution is -0.120. The van der Waals surface area contributed by atoms with Gasteiger partial charge in [0, 0.05) is 39.1 Å². The Labute approximate surface area is 95.8 Å². The van der Waals surface area contributed by atoms with Crippen LogP contribution >= 0.6 is 0 Å². The van der Waals surface area contributed by atoms with Crippen LogP contribution in [0.2, 0.25) is 0 Å². The van der Waals surface area contributed by atoms with Crippen LogP contribution in [0.15, 0.2) is 18.3 Å². The maximum atomic E-state index is 11.3. The number of nitrogens with one attached hydrogen (secondary N) is 2. The molecule has 0 saturated carbocycles. The van der Waals surface area contributed by atoms with Crippen LogP contribution in [0.25, 0.3) is 0 Å². The van der Waals surface area contributed by atoms with E-state index in [1.54, 1.807) is 7.11 Å². The monoisotopic (exact) mass is 225 g/mol. The van der Waals surface area contributed by atoms with E-state index in [1.165, 1.54) is 0 Å². The van der Waals surface area contributed by atoms with Crippen LogP contribution in [0, 0.1) is 0 Å². The lowest BCUT2D eigenvalue weighted by Gasteiger charge is -2.07. The predicted octanol–water partition coefficient (Wildman–Crippen LogP) is -0.123. The Bertz CT molecular complexity index is 323. The van der Waals surface area contributed by atoms with Gasteiger partial charge >= 0.3 is 0 Å². The van der Waals surface area contributed by atoms with Gasteiger partial charge in [0.25, 0.3) is 0 Å². The molecule has 2 N–H and O–H groups in total. The van der Waals surface area contributed by atoms with E-state index in [1.807, 2.05) is 29.9 Å². The number of carbonyl (C=O) groups is 1. The summed E-state index contributed by atoms with van der Waals surface area (Å²) in [6.45, 7) is 2.13. The number of aryl methyl sites for hydroxylation is 1. The van der Waals surface area contributed by atoms with Gasteiger partial charge in [-0.3, -0.25) is 4.79 Å². The lowest BCUT2D eigenvalue weighted by Crippen LogP contribution is -2.35. The topological polar surface area (TPSA) is 55.3 Å². The van der Waals surface area contributed by atoms with E-state index >= 15 is 0 Å². The Balaban J connectivity index is 2.11. The molecule has 0 aliphatic carbocycles. The summed E-state index contributed by atoms with van der Waals surface area (Å²) in [6.07, 6.45) is 1.98. The van der Waals surface area contributed by atoms with Crippen LogP contribution < -0.4 is 10.6 Å². The molecule has 0 atom stereocenters. The number of rotatable bonds is 7. The molecule has 0 bridgehead atoms. The second-order valence-electron chi connectivity index (χ2n) is 3.56. The number of methoxy groups -OCH3 is 1. The average molecular weight is 225 g/mol. The minimum atomic E-state index is -0.00809. The highest BCUT2D eigenvalue weighted by Gasteiger charge is 2.00. The zero-order chi connectivity index (χ0) is 11.8. The highest BCUT2D eigenvalue weighted by atomic mass is 16.5. The smallest absolute Gasteiger partial charge is 0.234 e. The molecule has 1 rings (SSSR count). The van der Waals surface area contributed by atoms with Gasteiger partial charge in [0.05, 0.1) is 13.2 Å². The van der Waals surface area contributed by atoms with Crippen LogP contribution in [0.5, 0.6) is 0 Å². The van der Waals surface area contributed by atoms with Gasteiger partial charge < -0.3 is 19.9 Å². The molecule has 0 unspecified atom stereocenters. The van der Waals surface area contributed by atoms with Gasteiger partial charge in [-0.25, -0.2) is 0 Å². The van der Waals surface area contributed by atoms with Gasteiger partial charge in [-0.05, 0) is 12.1 Å². The van der Waals surface area contributed by atoms with Gasteiger partial charge in [-0.2, -0.15) is 0 Å². The predicted molar refractivity (Wildman–Crippen MR) is 62.0 cm³/mol. The molecular weight excluding hydrogens is 206 g/mol. The van der Waals surface area contributed by atoms with Gasteiger partial charge in [0.1, 0.15) is 0 Å². The highest BCUT2D eigenvalue weighted by Crippen LogP contribution is 1.97. The zero-order valence-electron chi connectivity index (χ0n) is 9.82. The van der Waals surface area contributed by atoms with E-state index < -0.39 is 0 Å². The molecule has 0 fully saturated rings. The van der Waals surface area contributed by atoms with Crippen molar-refractivity contribution in [2.24, 2.45) is 7.05 Å². The SMILES string of the molecule is COCCNC(=O)CNCc1cccn1C. The number of amides is 1. The maximum absolute atomic E-state index is 11.3. The van der Waals surface area contributed by atoms with Crippen molar-refractivity contribution in [3.05, 3.63) is 24.0 Å². The molecule has 0 aliphatic heterocycles. The lowest BCUT2D eigenvalue weighted by atomic mass is 10.4. The van der Waals surface area contributed by atoms with Crippen LogP contribution in [0.3, 0.4) is 0 Å². The minimum absolute atomic E-state index is 0.00809. The largest absolute Gasteiger partial charge is 0.383 e. The van der Waals surface area contributed by atoms with Gasteiger partial charge in [0.15, 0.2) is 0 Å². The van der Waals surface area contributed by atoms with Crippen molar-refractivity contribution in [2.75, 3.05) is 26.8 Å². The number of hydrogen-bond acceptors (Lipinski definition) is 3. The van der Waals surface area contributed by atoms with Crippen molar-refractivity contribution in [3.63, 3.8) is 0 Å². The first-order valence-electron chi connectivity index (χ1n) is 5.30.